The van der Waals surface area contributed by atoms with Crippen LogP contribution >= 0.6 is 11.3 Å². The van der Waals surface area contributed by atoms with Crippen molar-refractivity contribution >= 4 is 28.8 Å². The summed E-state index contributed by atoms with van der Waals surface area (Å²) in [6, 6.07) is 25.0. The molecule has 1 saturated carbocycles. The maximum atomic E-state index is 14.4. The number of nitrogens with one attached hydrogen (secondary N) is 2. The van der Waals surface area contributed by atoms with Crippen molar-refractivity contribution in [2.24, 2.45) is 0 Å². The standard InChI is InChI=1S/C34H37N3O3S/c38-33(35-23-28-13-7-21-40-28)32(31-14-8-22-41-31)37(27-17-15-25(16-18-27)24-9-3-1-4-10-24)34(39)30-20-19-29(36-30)26-11-5-2-6-12-26/h2,5-6,8,11-12,14-20,22,24,28,32,36H,1,3-4,7,9-10,13,21,23H2,(H,35,38). The molecule has 0 radical (unpaired) electrons. The van der Waals surface area contributed by atoms with E-state index in [4.69, 9.17) is 4.74 Å². The summed E-state index contributed by atoms with van der Waals surface area (Å²) in [5.41, 5.74) is 4.31. The lowest BCUT2D eigenvalue weighted by atomic mass is 9.84. The van der Waals surface area contributed by atoms with Crippen molar-refractivity contribution in [3.05, 3.63) is 100 Å². The van der Waals surface area contributed by atoms with Gasteiger partial charge in [0, 0.05) is 29.4 Å². The van der Waals surface area contributed by atoms with Crippen molar-refractivity contribution in [1.29, 1.82) is 0 Å². The molecule has 3 heterocycles. The average molecular weight is 568 g/mol. The summed E-state index contributed by atoms with van der Waals surface area (Å²) in [5, 5.41) is 5.05. The normalized spacial score (nSPS) is 18.2. The highest BCUT2D eigenvalue weighted by molar-refractivity contribution is 7.10. The first kappa shape index (κ1) is 27.5. The molecule has 212 valence electrons. The zero-order valence-electron chi connectivity index (χ0n) is 23.3. The molecule has 6 nitrogen and oxygen atoms in total. The van der Waals surface area contributed by atoms with Gasteiger partial charge in [-0.2, -0.15) is 0 Å². The second-order valence-electron chi connectivity index (χ2n) is 11.1. The van der Waals surface area contributed by atoms with E-state index in [-0.39, 0.29) is 17.9 Å². The van der Waals surface area contributed by atoms with Crippen molar-refractivity contribution in [1.82, 2.24) is 10.3 Å². The van der Waals surface area contributed by atoms with Crippen LogP contribution in [0.2, 0.25) is 0 Å². The van der Waals surface area contributed by atoms with E-state index in [1.165, 1.54) is 49.0 Å². The first-order chi connectivity index (χ1) is 20.2. The van der Waals surface area contributed by atoms with Crippen LogP contribution in [0.3, 0.4) is 0 Å². The molecule has 2 fully saturated rings. The fourth-order valence-electron chi connectivity index (χ4n) is 6.10. The Balaban J connectivity index is 1.35. The number of ether oxygens (including phenoxy) is 1. The molecule has 2 amide bonds. The van der Waals surface area contributed by atoms with Gasteiger partial charge in [-0.25, -0.2) is 0 Å². The highest BCUT2D eigenvalue weighted by Crippen LogP contribution is 2.36. The number of carbonyl (C=O) groups is 2. The summed E-state index contributed by atoms with van der Waals surface area (Å²) in [6.45, 7) is 1.16. The van der Waals surface area contributed by atoms with Gasteiger partial charge in [0.25, 0.3) is 5.91 Å². The second-order valence-corrected chi connectivity index (χ2v) is 12.0. The Morgan fingerprint density at radius 2 is 1.71 bits per heavy atom. The number of aromatic amines is 1. The summed E-state index contributed by atoms with van der Waals surface area (Å²) >= 11 is 1.48. The fraction of sp³-hybridized carbons (Fsp3) is 0.353. The first-order valence-electron chi connectivity index (χ1n) is 14.8. The van der Waals surface area contributed by atoms with Gasteiger partial charge in [-0.1, -0.05) is 67.8 Å². The number of rotatable bonds is 9. The van der Waals surface area contributed by atoms with E-state index in [9.17, 15) is 9.59 Å². The molecule has 2 unspecified atom stereocenters. The number of nitrogens with zero attached hydrogens (tertiary/aromatic N) is 1. The molecule has 1 aliphatic heterocycles. The van der Waals surface area contributed by atoms with Gasteiger partial charge in [-0.05, 0) is 78.4 Å². The maximum Gasteiger partial charge on any atom is 0.275 e. The van der Waals surface area contributed by atoms with Crippen LogP contribution in [0, 0.1) is 0 Å². The quantitative estimate of drug-likeness (QED) is 0.220. The summed E-state index contributed by atoms with van der Waals surface area (Å²) in [4.78, 5) is 34.1. The summed E-state index contributed by atoms with van der Waals surface area (Å²) < 4.78 is 5.75. The lowest BCUT2D eigenvalue weighted by molar-refractivity contribution is -0.122. The molecule has 2 aromatic carbocycles. The van der Waals surface area contributed by atoms with Crippen LogP contribution in [0.15, 0.2) is 84.2 Å². The van der Waals surface area contributed by atoms with E-state index in [1.807, 2.05) is 72.1 Å². The number of benzene rings is 2. The molecule has 2 aliphatic rings. The molecule has 6 rings (SSSR count). The summed E-state index contributed by atoms with van der Waals surface area (Å²) in [6.07, 6.45) is 8.19. The van der Waals surface area contributed by atoms with Crippen LogP contribution in [0.1, 0.15) is 77.8 Å². The molecule has 4 aromatic rings. The second kappa shape index (κ2) is 12.9. The Morgan fingerprint density at radius 3 is 2.41 bits per heavy atom. The Labute approximate surface area is 245 Å². The number of thiophene rings is 1. The predicted octanol–water partition coefficient (Wildman–Crippen LogP) is 7.47. The molecular formula is C34H37N3O3S. The van der Waals surface area contributed by atoms with Gasteiger partial charge in [-0.15, -0.1) is 11.3 Å². The van der Waals surface area contributed by atoms with Gasteiger partial charge >= 0.3 is 0 Å². The van der Waals surface area contributed by atoms with Gasteiger partial charge < -0.3 is 15.0 Å². The average Bonchev–Trinajstić information content (AvgIpc) is 3.83. The van der Waals surface area contributed by atoms with Gasteiger partial charge in [-0.3, -0.25) is 14.5 Å². The van der Waals surface area contributed by atoms with E-state index in [0.29, 0.717) is 23.8 Å². The van der Waals surface area contributed by atoms with E-state index in [0.717, 1.165) is 35.6 Å². The topological polar surface area (TPSA) is 74.4 Å². The van der Waals surface area contributed by atoms with Crippen LogP contribution in [0.4, 0.5) is 5.69 Å². The molecule has 0 spiro atoms. The molecular weight excluding hydrogens is 530 g/mol. The minimum Gasteiger partial charge on any atom is -0.376 e. The lowest BCUT2D eigenvalue weighted by Crippen LogP contribution is -2.45. The Bertz CT molecular complexity index is 1420. The minimum atomic E-state index is -0.812. The summed E-state index contributed by atoms with van der Waals surface area (Å²) in [7, 11) is 0. The fourth-order valence-corrected chi connectivity index (χ4v) is 6.91. The molecule has 2 aromatic heterocycles. The SMILES string of the molecule is O=C(NCC1CCCO1)C(c1cccs1)N(C(=O)c1ccc(-c2ccccc2)[nH]1)c1ccc(C2CCCCC2)cc1. The van der Waals surface area contributed by atoms with Crippen LogP contribution in [-0.4, -0.2) is 36.1 Å². The maximum absolute atomic E-state index is 14.4. The molecule has 7 heteroatoms. The van der Waals surface area contributed by atoms with E-state index >= 15 is 0 Å². The number of amides is 2. The van der Waals surface area contributed by atoms with Gasteiger partial charge in [0.1, 0.15) is 5.69 Å². The number of carbonyl (C=O) groups excluding carboxylic acids is 2. The number of hydrogen-bond donors (Lipinski definition) is 2. The molecule has 1 saturated heterocycles. The molecule has 0 bridgehead atoms. The van der Waals surface area contributed by atoms with Crippen LogP contribution in [0.5, 0.6) is 0 Å². The third-order valence-electron chi connectivity index (χ3n) is 8.32. The first-order valence-corrected chi connectivity index (χ1v) is 15.7. The van der Waals surface area contributed by atoms with E-state index < -0.39 is 6.04 Å². The zero-order chi connectivity index (χ0) is 28.0. The Morgan fingerprint density at radius 1 is 0.902 bits per heavy atom. The van der Waals surface area contributed by atoms with Crippen molar-refractivity contribution < 1.29 is 14.3 Å². The van der Waals surface area contributed by atoms with Crippen LogP contribution < -0.4 is 10.2 Å². The molecule has 1 aliphatic carbocycles. The number of aromatic nitrogens is 1. The molecule has 2 N–H and O–H groups in total. The lowest BCUT2D eigenvalue weighted by Gasteiger charge is -2.31. The highest BCUT2D eigenvalue weighted by Gasteiger charge is 2.35. The highest BCUT2D eigenvalue weighted by atomic mass is 32.1. The zero-order valence-corrected chi connectivity index (χ0v) is 24.1. The Kier molecular flexibility index (Phi) is 8.63. The van der Waals surface area contributed by atoms with E-state index in [2.05, 4.69) is 22.4 Å². The Hall–Kier alpha value is -3.68. The van der Waals surface area contributed by atoms with Crippen LogP contribution in [-0.2, 0) is 9.53 Å². The molecule has 2 atom stereocenters. The number of H-pyrrole nitrogens is 1. The van der Waals surface area contributed by atoms with Crippen molar-refractivity contribution in [3.8, 4) is 11.3 Å². The smallest absolute Gasteiger partial charge is 0.275 e. The van der Waals surface area contributed by atoms with Gasteiger partial charge in [0.05, 0.1) is 6.10 Å². The third-order valence-corrected chi connectivity index (χ3v) is 9.24. The van der Waals surface area contributed by atoms with Crippen molar-refractivity contribution in [3.63, 3.8) is 0 Å². The predicted molar refractivity (Wildman–Crippen MR) is 164 cm³/mol. The van der Waals surface area contributed by atoms with Gasteiger partial charge in [0.15, 0.2) is 6.04 Å². The van der Waals surface area contributed by atoms with Gasteiger partial charge in [0.2, 0.25) is 5.91 Å². The molecule has 41 heavy (non-hydrogen) atoms. The van der Waals surface area contributed by atoms with Crippen molar-refractivity contribution in [2.45, 2.75) is 63.0 Å². The van der Waals surface area contributed by atoms with E-state index in [1.54, 1.807) is 4.90 Å². The largest absolute Gasteiger partial charge is 0.376 e. The number of hydrogen-bond acceptors (Lipinski definition) is 4. The minimum absolute atomic E-state index is 0.0127. The van der Waals surface area contributed by atoms with Crippen molar-refractivity contribution in [2.75, 3.05) is 18.1 Å². The third kappa shape index (κ3) is 6.31. The van der Waals surface area contributed by atoms with Crippen LogP contribution in [0.25, 0.3) is 11.3 Å². The monoisotopic (exact) mass is 567 g/mol. The summed E-state index contributed by atoms with van der Waals surface area (Å²) in [5.74, 6) is 0.104. The number of anilines is 1.